The summed E-state index contributed by atoms with van der Waals surface area (Å²) in [6.45, 7) is 1.28. The molecule has 2 aromatic rings. The van der Waals surface area contributed by atoms with Crippen molar-refractivity contribution in [1.29, 1.82) is 0 Å². The fraction of sp³-hybridized carbons (Fsp3) is 0.111. The van der Waals surface area contributed by atoms with E-state index in [1.54, 1.807) is 12.1 Å². The number of hydrogen-bond donors (Lipinski definition) is 3. The molecule has 9 heteroatoms. The molecule has 0 heterocycles. The van der Waals surface area contributed by atoms with Crippen LogP contribution in [0.2, 0.25) is 0 Å². The molecule has 2 rings (SSSR count). The molecule has 0 saturated heterocycles. The summed E-state index contributed by atoms with van der Waals surface area (Å²) in [7, 11) is 1.19. The summed E-state index contributed by atoms with van der Waals surface area (Å²) in [5.74, 6) is -0.543. The first-order valence-corrected chi connectivity index (χ1v) is 8.62. The molecule has 0 bridgehead atoms. The number of aliphatic imine (C=N–C) groups is 1. The summed E-state index contributed by atoms with van der Waals surface area (Å²) in [6, 6.07) is 15.0. The number of rotatable bonds is 5. The summed E-state index contributed by atoms with van der Waals surface area (Å²) >= 11 is 1.52. The van der Waals surface area contributed by atoms with Crippen LogP contribution in [-0.4, -0.2) is 31.5 Å². The molecule has 0 aromatic heterocycles. The summed E-state index contributed by atoms with van der Waals surface area (Å²) in [5.41, 5.74) is 0.764. The average Bonchev–Trinajstić information content (AvgIpc) is 2.64. The van der Waals surface area contributed by atoms with E-state index in [1.807, 2.05) is 36.4 Å². The first kappa shape index (κ1) is 20.0. The number of hydrogen-bond acceptors (Lipinski definition) is 6. The van der Waals surface area contributed by atoms with Gasteiger partial charge >= 0.3 is 6.09 Å². The van der Waals surface area contributed by atoms with Crippen LogP contribution in [0.4, 0.5) is 16.2 Å². The van der Waals surface area contributed by atoms with E-state index < -0.39 is 12.0 Å². The van der Waals surface area contributed by atoms with E-state index in [1.165, 1.54) is 25.8 Å². The van der Waals surface area contributed by atoms with E-state index in [0.717, 1.165) is 9.79 Å². The van der Waals surface area contributed by atoms with Crippen molar-refractivity contribution >= 4 is 47.5 Å². The van der Waals surface area contributed by atoms with Crippen LogP contribution >= 0.6 is 11.8 Å². The molecule has 8 nitrogen and oxygen atoms in total. The Morgan fingerprint density at radius 1 is 1.07 bits per heavy atom. The summed E-state index contributed by atoms with van der Waals surface area (Å²) < 4.78 is 4.51. The van der Waals surface area contributed by atoms with Gasteiger partial charge in [-0.2, -0.15) is 0 Å². The van der Waals surface area contributed by atoms with Gasteiger partial charge in [-0.3, -0.25) is 20.2 Å². The Kier molecular flexibility index (Phi) is 7.38. The lowest BCUT2D eigenvalue weighted by atomic mass is 10.2. The Labute approximate surface area is 160 Å². The lowest BCUT2D eigenvalue weighted by Gasteiger charge is -2.11. The maximum Gasteiger partial charge on any atom is 0.413 e. The maximum absolute atomic E-state index is 11.4. The number of anilines is 1. The topological polar surface area (TPSA) is 109 Å². The Morgan fingerprint density at radius 3 is 2.44 bits per heavy atom. The molecule has 0 aliphatic carbocycles. The first-order chi connectivity index (χ1) is 13.0. The van der Waals surface area contributed by atoms with Gasteiger partial charge in [-0.25, -0.2) is 9.79 Å². The third-order valence-corrected chi connectivity index (χ3v) is 4.09. The molecule has 0 radical (unpaired) electrons. The van der Waals surface area contributed by atoms with E-state index in [-0.39, 0.29) is 5.96 Å². The second-order valence-corrected chi connectivity index (χ2v) is 6.26. The minimum atomic E-state index is -0.788. The summed E-state index contributed by atoms with van der Waals surface area (Å²) in [4.78, 5) is 39.8. The molecular weight excluding hydrogens is 368 g/mol. The third kappa shape index (κ3) is 6.48. The highest BCUT2D eigenvalue weighted by atomic mass is 32.2. The van der Waals surface area contributed by atoms with Crippen molar-refractivity contribution in [2.24, 2.45) is 4.99 Å². The van der Waals surface area contributed by atoms with Crippen LogP contribution in [-0.2, 0) is 14.3 Å². The molecule has 0 aliphatic heterocycles. The van der Waals surface area contributed by atoms with Crippen molar-refractivity contribution < 1.29 is 19.1 Å². The number of nitrogens with zero attached hydrogens (tertiary/aromatic N) is 1. The zero-order valence-corrected chi connectivity index (χ0v) is 15.5. The highest BCUT2D eigenvalue weighted by molar-refractivity contribution is 7.99. The van der Waals surface area contributed by atoms with Crippen LogP contribution < -0.4 is 16.0 Å². The zero-order chi connectivity index (χ0) is 19.6. The molecule has 0 atom stereocenters. The number of carbonyl (C=O) groups excluding carboxylic acids is 3. The minimum Gasteiger partial charge on any atom is -0.453 e. The summed E-state index contributed by atoms with van der Waals surface area (Å²) in [5, 5.41) is 7.27. The number of carbonyl (C=O) groups is 3. The number of alkyl carbamates (subject to hydrolysis) is 1. The van der Waals surface area contributed by atoms with Crippen LogP contribution in [0.15, 0.2) is 63.3 Å². The van der Waals surface area contributed by atoms with Crippen LogP contribution in [0.5, 0.6) is 0 Å². The highest BCUT2D eigenvalue weighted by Crippen LogP contribution is 2.34. The van der Waals surface area contributed by atoms with Crippen LogP contribution in [0.1, 0.15) is 6.92 Å². The van der Waals surface area contributed by atoms with E-state index in [0.29, 0.717) is 17.8 Å². The molecule has 0 fully saturated rings. The molecule has 3 amide bonds. The van der Waals surface area contributed by atoms with Crippen molar-refractivity contribution in [3.63, 3.8) is 0 Å². The quantitative estimate of drug-likeness (QED) is 0.416. The molecular formula is C18H18N4O4S. The lowest BCUT2D eigenvalue weighted by molar-refractivity contribution is -0.117. The average molecular weight is 386 g/mol. The van der Waals surface area contributed by atoms with Gasteiger partial charge in [0, 0.05) is 16.7 Å². The Hall–Kier alpha value is -3.33. The third-order valence-electron chi connectivity index (χ3n) is 3.09. The van der Waals surface area contributed by atoms with Gasteiger partial charge in [-0.1, -0.05) is 30.0 Å². The van der Waals surface area contributed by atoms with Crippen molar-refractivity contribution in [3.05, 3.63) is 48.5 Å². The van der Waals surface area contributed by atoms with Gasteiger partial charge in [-0.15, -0.1) is 0 Å². The fourth-order valence-electron chi connectivity index (χ4n) is 2.00. The van der Waals surface area contributed by atoms with Gasteiger partial charge in [0.15, 0.2) is 0 Å². The van der Waals surface area contributed by atoms with Gasteiger partial charge in [-0.05, 0) is 30.3 Å². The first-order valence-electron chi connectivity index (χ1n) is 7.80. The van der Waals surface area contributed by atoms with E-state index in [9.17, 15) is 14.4 Å². The van der Waals surface area contributed by atoms with Gasteiger partial charge in [0.1, 0.15) is 0 Å². The molecule has 0 saturated carbocycles. The Morgan fingerprint density at radius 2 is 1.81 bits per heavy atom. The van der Waals surface area contributed by atoms with E-state index in [4.69, 9.17) is 0 Å². The van der Waals surface area contributed by atoms with Gasteiger partial charge < -0.3 is 10.1 Å². The lowest BCUT2D eigenvalue weighted by Crippen LogP contribution is -2.42. The van der Waals surface area contributed by atoms with Crippen molar-refractivity contribution in [1.82, 2.24) is 10.6 Å². The fourth-order valence-corrected chi connectivity index (χ4v) is 2.88. The molecule has 0 unspecified atom stereocenters. The Bertz CT molecular complexity index is 856. The SMILES string of the molecule is COC(=O)NC(=Nc1ccc(Sc2ccccc2)cc1NC=O)NC(C)=O. The number of nitrogens with one attached hydrogen (secondary N) is 3. The van der Waals surface area contributed by atoms with Gasteiger partial charge in [0.2, 0.25) is 18.3 Å². The second kappa shape index (κ2) is 9.97. The molecule has 27 heavy (non-hydrogen) atoms. The largest absolute Gasteiger partial charge is 0.453 e. The smallest absolute Gasteiger partial charge is 0.413 e. The van der Waals surface area contributed by atoms with Gasteiger partial charge in [0.25, 0.3) is 0 Å². The number of amides is 3. The number of benzene rings is 2. The molecule has 0 aliphatic rings. The van der Waals surface area contributed by atoms with E-state index >= 15 is 0 Å². The predicted molar refractivity (Wildman–Crippen MR) is 103 cm³/mol. The maximum atomic E-state index is 11.4. The molecule has 2 aromatic carbocycles. The zero-order valence-electron chi connectivity index (χ0n) is 14.7. The van der Waals surface area contributed by atoms with Crippen LogP contribution in [0.3, 0.4) is 0 Å². The summed E-state index contributed by atoms with van der Waals surface area (Å²) in [6.07, 6.45) is -0.263. The van der Waals surface area contributed by atoms with Crippen LogP contribution in [0, 0.1) is 0 Å². The molecule has 3 N–H and O–H groups in total. The number of methoxy groups -OCH3 is 1. The normalized spacial score (nSPS) is 10.7. The Balaban J connectivity index is 2.33. The second-order valence-electron chi connectivity index (χ2n) is 5.11. The standard InChI is InChI=1S/C18H18N4O4S/c1-12(24)20-17(22-18(25)26-2)21-15-9-8-14(10-16(15)19-11-23)27-13-6-4-3-5-7-13/h3-11H,1-2H3,(H,19,23)(H2,20,21,22,24,25). The predicted octanol–water partition coefficient (Wildman–Crippen LogP) is 2.89. The van der Waals surface area contributed by atoms with Crippen molar-refractivity contribution in [2.45, 2.75) is 16.7 Å². The highest BCUT2D eigenvalue weighted by Gasteiger charge is 2.10. The molecule has 0 spiro atoms. The van der Waals surface area contributed by atoms with Crippen molar-refractivity contribution in [3.8, 4) is 0 Å². The number of ether oxygens (including phenoxy) is 1. The van der Waals surface area contributed by atoms with E-state index in [2.05, 4.69) is 25.7 Å². The van der Waals surface area contributed by atoms with Gasteiger partial charge in [0.05, 0.1) is 18.5 Å². The minimum absolute atomic E-state index is 0.119. The van der Waals surface area contributed by atoms with Crippen molar-refractivity contribution in [2.75, 3.05) is 12.4 Å². The molecule has 140 valence electrons. The monoisotopic (exact) mass is 386 g/mol. The van der Waals surface area contributed by atoms with Crippen LogP contribution in [0.25, 0.3) is 0 Å². The number of guanidine groups is 1.